The summed E-state index contributed by atoms with van der Waals surface area (Å²) in [5, 5.41) is 0. The molecule has 0 N–H and O–H groups in total. The van der Waals surface area contributed by atoms with Gasteiger partial charge in [-0.05, 0) is 42.7 Å². The SMILES string of the molecule is O=C1/C(=C\c2ccccc2N2CCN(C3CC3)CC2)SCCN1c1ccc(F)c(F)c1. The molecule has 5 rings (SSSR count). The molecule has 2 aromatic rings. The normalized spacial score (nSPS) is 21.7. The number of piperazine rings is 1. The zero-order chi connectivity index (χ0) is 21.4. The Bertz CT molecular complexity index is 1020. The Morgan fingerprint density at radius 1 is 0.935 bits per heavy atom. The van der Waals surface area contributed by atoms with Crippen molar-refractivity contribution in [2.24, 2.45) is 0 Å². The molecule has 2 aliphatic heterocycles. The maximum Gasteiger partial charge on any atom is 0.264 e. The molecule has 0 spiro atoms. The van der Waals surface area contributed by atoms with Gasteiger partial charge in [0, 0.05) is 62.0 Å². The Hall–Kier alpha value is -2.38. The summed E-state index contributed by atoms with van der Waals surface area (Å²) < 4.78 is 27.0. The number of nitrogens with zero attached hydrogens (tertiary/aromatic N) is 3. The van der Waals surface area contributed by atoms with E-state index in [-0.39, 0.29) is 5.91 Å². The number of hydrogen-bond acceptors (Lipinski definition) is 4. The van der Waals surface area contributed by atoms with E-state index in [0.29, 0.717) is 22.9 Å². The molecule has 4 nitrogen and oxygen atoms in total. The first-order valence-electron chi connectivity index (χ1n) is 10.8. The highest BCUT2D eigenvalue weighted by molar-refractivity contribution is 8.04. The van der Waals surface area contributed by atoms with E-state index in [0.717, 1.165) is 55.6 Å². The maximum atomic E-state index is 13.7. The van der Waals surface area contributed by atoms with E-state index in [1.807, 2.05) is 24.3 Å². The summed E-state index contributed by atoms with van der Waals surface area (Å²) in [6.45, 7) is 4.59. The lowest BCUT2D eigenvalue weighted by Crippen LogP contribution is -2.47. The minimum absolute atomic E-state index is 0.171. The smallest absolute Gasteiger partial charge is 0.264 e. The van der Waals surface area contributed by atoms with E-state index in [1.54, 1.807) is 0 Å². The second-order valence-corrected chi connectivity index (χ2v) is 9.36. The second-order valence-electron chi connectivity index (χ2n) is 8.23. The predicted octanol–water partition coefficient (Wildman–Crippen LogP) is 4.37. The van der Waals surface area contributed by atoms with Crippen LogP contribution >= 0.6 is 11.8 Å². The van der Waals surface area contributed by atoms with Crippen molar-refractivity contribution in [3.05, 3.63) is 64.6 Å². The van der Waals surface area contributed by atoms with Crippen molar-refractivity contribution >= 4 is 35.1 Å². The van der Waals surface area contributed by atoms with Gasteiger partial charge in [-0.3, -0.25) is 9.69 Å². The summed E-state index contributed by atoms with van der Waals surface area (Å²) in [5.74, 6) is -1.31. The van der Waals surface area contributed by atoms with E-state index < -0.39 is 11.6 Å². The summed E-state index contributed by atoms with van der Waals surface area (Å²) >= 11 is 1.52. The Labute approximate surface area is 185 Å². The van der Waals surface area contributed by atoms with Gasteiger partial charge in [-0.25, -0.2) is 8.78 Å². The van der Waals surface area contributed by atoms with Gasteiger partial charge >= 0.3 is 0 Å². The molecule has 162 valence electrons. The van der Waals surface area contributed by atoms with Crippen molar-refractivity contribution in [3.63, 3.8) is 0 Å². The highest BCUT2D eigenvalue weighted by Gasteiger charge is 2.32. The van der Waals surface area contributed by atoms with Crippen LogP contribution in [0.2, 0.25) is 0 Å². The average molecular weight is 442 g/mol. The van der Waals surface area contributed by atoms with Crippen LogP contribution in [0.25, 0.3) is 6.08 Å². The lowest BCUT2D eigenvalue weighted by Gasteiger charge is -2.37. The summed E-state index contributed by atoms with van der Waals surface area (Å²) in [6.07, 6.45) is 4.61. The Morgan fingerprint density at radius 3 is 2.45 bits per heavy atom. The zero-order valence-corrected chi connectivity index (χ0v) is 18.1. The van der Waals surface area contributed by atoms with Gasteiger partial charge in [0.05, 0.1) is 4.91 Å². The molecule has 7 heteroatoms. The minimum atomic E-state index is -0.940. The summed E-state index contributed by atoms with van der Waals surface area (Å²) in [5.41, 5.74) is 2.55. The van der Waals surface area contributed by atoms with Gasteiger partial charge in [0.1, 0.15) is 0 Å². The highest BCUT2D eigenvalue weighted by Crippen LogP contribution is 2.34. The fourth-order valence-electron chi connectivity index (χ4n) is 4.35. The van der Waals surface area contributed by atoms with Crippen molar-refractivity contribution in [3.8, 4) is 0 Å². The molecule has 3 aliphatic rings. The lowest BCUT2D eigenvalue weighted by molar-refractivity contribution is -0.114. The van der Waals surface area contributed by atoms with Crippen LogP contribution in [0.3, 0.4) is 0 Å². The van der Waals surface area contributed by atoms with Crippen LogP contribution in [0, 0.1) is 11.6 Å². The topological polar surface area (TPSA) is 26.8 Å². The molecular weight excluding hydrogens is 416 g/mol. The number of benzene rings is 2. The van der Waals surface area contributed by atoms with E-state index in [2.05, 4.69) is 15.9 Å². The van der Waals surface area contributed by atoms with Gasteiger partial charge in [-0.15, -0.1) is 11.8 Å². The molecule has 0 bridgehead atoms. The number of rotatable bonds is 4. The van der Waals surface area contributed by atoms with Crippen LogP contribution < -0.4 is 9.80 Å². The first-order chi connectivity index (χ1) is 15.1. The second kappa shape index (κ2) is 8.63. The Balaban J connectivity index is 1.37. The third-order valence-electron chi connectivity index (χ3n) is 6.18. The molecule has 1 saturated carbocycles. The average Bonchev–Trinajstić information content (AvgIpc) is 3.63. The third-order valence-corrected chi connectivity index (χ3v) is 7.17. The van der Waals surface area contributed by atoms with E-state index in [9.17, 15) is 13.6 Å². The monoisotopic (exact) mass is 441 g/mol. The number of carbonyl (C=O) groups excluding carboxylic acids is 1. The van der Waals surface area contributed by atoms with Gasteiger partial charge in [-0.2, -0.15) is 0 Å². The molecule has 1 amide bonds. The third kappa shape index (κ3) is 4.34. The Morgan fingerprint density at radius 2 is 1.71 bits per heavy atom. The largest absolute Gasteiger partial charge is 0.368 e. The zero-order valence-electron chi connectivity index (χ0n) is 17.3. The molecule has 31 heavy (non-hydrogen) atoms. The van der Waals surface area contributed by atoms with Gasteiger partial charge in [0.2, 0.25) is 0 Å². The summed E-state index contributed by atoms with van der Waals surface area (Å²) in [7, 11) is 0. The first kappa shape index (κ1) is 20.5. The van der Waals surface area contributed by atoms with Crippen molar-refractivity contribution < 1.29 is 13.6 Å². The number of carbonyl (C=O) groups is 1. The number of thioether (sulfide) groups is 1. The van der Waals surface area contributed by atoms with Crippen molar-refractivity contribution in [2.45, 2.75) is 18.9 Å². The molecule has 2 saturated heterocycles. The van der Waals surface area contributed by atoms with Crippen LogP contribution in [0.15, 0.2) is 47.4 Å². The Kier molecular flexibility index (Phi) is 5.71. The molecule has 0 radical (unpaired) electrons. The molecule has 3 fully saturated rings. The quantitative estimate of drug-likeness (QED) is 0.659. The molecule has 2 aromatic carbocycles. The molecule has 0 unspecified atom stereocenters. The number of halogens is 2. The molecule has 2 heterocycles. The lowest BCUT2D eigenvalue weighted by atomic mass is 10.1. The van der Waals surface area contributed by atoms with E-state index >= 15 is 0 Å². The molecule has 1 aliphatic carbocycles. The molecule has 0 atom stereocenters. The summed E-state index contributed by atoms with van der Waals surface area (Å²) in [4.78, 5) is 20.3. The number of anilines is 2. The van der Waals surface area contributed by atoms with Crippen molar-refractivity contribution in [1.29, 1.82) is 0 Å². The number of para-hydroxylation sites is 1. The van der Waals surface area contributed by atoms with Crippen LogP contribution in [0.5, 0.6) is 0 Å². The minimum Gasteiger partial charge on any atom is -0.368 e. The van der Waals surface area contributed by atoms with Crippen molar-refractivity contribution in [2.75, 3.05) is 48.3 Å². The fraction of sp³-hybridized carbons (Fsp3) is 0.375. The summed E-state index contributed by atoms with van der Waals surface area (Å²) in [6, 6.07) is 12.6. The van der Waals surface area contributed by atoms with Crippen LogP contribution in [-0.2, 0) is 4.79 Å². The predicted molar refractivity (Wildman–Crippen MR) is 122 cm³/mol. The van der Waals surface area contributed by atoms with Gasteiger partial charge in [0.15, 0.2) is 11.6 Å². The van der Waals surface area contributed by atoms with Gasteiger partial charge in [-0.1, -0.05) is 18.2 Å². The molecule has 0 aromatic heterocycles. The molecular formula is C24H25F2N3OS. The highest BCUT2D eigenvalue weighted by atomic mass is 32.2. The van der Waals surface area contributed by atoms with Gasteiger partial charge in [0.25, 0.3) is 5.91 Å². The van der Waals surface area contributed by atoms with Crippen LogP contribution in [0.4, 0.5) is 20.2 Å². The van der Waals surface area contributed by atoms with Crippen LogP contribution in [-0.4, -0.2) is 55.3 Å². The maximum absolute atomic E-state index is 13.7. The van der Waals surface area contributed by atoms with Gasteiger partial charge < -0.3 is 9.80 Å². The van der Waals surface area contributed by atoms with Crippen molar-refractivity contribution in [1.82, 2.24) is 4.90 Å². The van der Waals surface area contributed by atoms with E-state index in [1.165, 1.54) is 35.6 Å². The first-order valence-corrected chi connectivity index (χ1v) is 11.8. The standard InChI is InChI=1S/C24H25F2N3OS/c25-20-8-7-19(16-21(20)26)29-13-14-31-23(24(29)30)15-17-3-1-2-4-22(17)28-11-9-27(10-12-28)18-5-6-18/h1-4,7-8,15-16,18H,5-6,9-14H2/b23-15+. The van der Waals surface area contributed by atoms with E-state index in [4.69, 9.17) is 0 Å². The fourth-order valence-corrected chi connectivity index (χ4v) is 5.29. The van der Waals surface area contributed by atoms with Crippen LogP contribution in [0.1, 0.15) is 18.4 Å². The number of amides is 1. The number of hydrogen-bond donors (Lipinski definition) is 0.